The lowest BCUT2D eigenvalue weighted by molar-refractivity contribution is 0.414. The van der Waals surface area contributed by atoms with Gasteiger partial charge in [0.2, 0.25) is 0 Å². The van der Waals surface area contributed by atoms with Crippen LogP contribution in [0.1, 0.15) is 36.0 Å². The molecule has 0 saturated carbocycles. The van der Waals surface area contributed by atoms with Crippen LogP contribution in [0.4, 0.5) is 0 Å². The Morgan fingerprint density at radius 1 is 0.897 bits per heavy atom. The molecule has 0 saturated heterocycles. The van der Waals surface area contributed by atoms with Crippen molar-refractivity contribution < 1.29 is 4.74 Å². The van der Waals surface area contributed by atoms with Gasteiger partial charge in [0.1, 0.15) is 11.6 Å². The first-order valence-electron chi connectivity index (χ1n) is 9.59. The number of rotatable bonds is 6. The van der Waals surface area contributed by atoms with Gasteiger partial charge in [0.05, 0.1) is 30.1 Å². The molecule has 0 radical (unpaired) electrons. The number of H-pyrrole nitrogens is 1. The molecule has 2 N–H and O–H groups in total. The van der Waals surface area contributed by atoms with Crippen molar-refractivity contribution in [2.75, 3.05) is 7.11 Å². The third-order valence-electron chi connectivity index (χ3n) is 5.04. The van der Waals surface area contributed by atoms with Crippen LogP contribution in [0.3, 0.4) is 0 Å². The summed E-state index contributed by atoms with van der Waals surface area (Å²) in [6, 6.07) is 25.4. The molecule has 0 aliphatic rings. The molecule has 1 aromatic heterocycles. The zero-order valence-electron chi connectivity index (χ0n) is 16.4. The van der Waals surface area contributed by atoms with E-state index in [1.807, 2.05) is 67.6 Å². The van der Waals surface area contributed by atoms with E-state index in [2.05, 4.69) is 27.4 Å². The van der Waals surface area contributed by atoms with Crippen molar-refractivity contribution in [1.82, 2.24) is 15.3 Å². The highest BCUT2D eigenvalue weighted by atomic mass is 16.5. The molecule has 1 heterocycles. The first kappa shape index (κ1) is 18.9. The normalized spacial score (nSPS) is 13.2. The number of ether oxygens (including phenoxy) is 1. The van der Waals surface area contributed by atoms with Crippen molar-refractivity contribution in [3.05, 3.63) is 106 Å². The van der Waals surface area contributed by atoms with Crippen LogP contribution < -0.4 is 15.6 Å². The van der Waals surface area contributed by atoms with Crippen LogP contribution in [0.5, 0.6) is 5.75 Å². The van der Waals surface area contributed by atoms with Gasteiger partial charge < -0.3 is 9.72 Å². The summed E-state index contributed by atoms with van der Waals surface area (Å²) in [5.74, 6) is 1.43. The van der Waals surface area contributed by atoms with Gasteiger partial charge in [-0.05, 0) is 42.3 Å². The number of aromatic nitrogens is 2. The number of hydrogen-bond donors (Lipinski definition) is 2. The Morgan fingerprint density at radius 3 is 2.28 bits per heavy atom. The molecule has 0 bridgehead atoms. The molecule has 4 aromatic rings. The smallest absolute Gasteiger partial charge is 0.258 e. The quantitative estimate of drug-likeness (QED) is 0.517. The lowest BCUT2D eigenvalue weighted by Gasteiger charge is -2.24. The van der Waals surface area contributed by atoms with Crippen molar-refractivity contribution in [3.63, 3.8) is 0 Å². The van der Waals surface area contributed by atoms with Crippen molar-refractivity contribution in [1.29, 1.82) is 0 Å². The van der Waals surface area contributed by atoms with E-state index in [1.54, 1.807) is 13.2 Å². The average Bonchev–Trinajstić information content (AvgIpc) is 2.78. The third-order valence-corrected chi connectivity index (χ3v) is 5.04. The molecule has 2 atom stereocenters. The van der Waals surface area contributed by atoms with Crippen LogP contribution in [0.25, 0.3) is 10.9 Å². The number of hydrogen-bond acceptors (Lipinski definition) is 4. The summed E-state index contributed by atoms with van der Waals surface area (Å²) in [4.78, 5) is 20.1. The van der Waals surface area contributed by atoms with Crippen LogP contribution in [0.15, 0.2) is 83.7 Å². The average molecular weight is 385 g/mol. The van der Waals surface area contributed by atoms with E-state index in [9.17, 15) is 4.79 Å². The highest BCUT2D eigenvalue weighted by Crippen LogP contribution is 2.26. The number of fused-ring (bicyclic) bond motifs is 1. The second-order valence-electron chi connectivity index (χ2n) is 6.97. The summed E-state index contributed by atoms with van der Waals surface area (Å²) >= 11 is 0. The molecular formula is C24H23N3O2. The van der Waals surface area contributed by atoms with Gasteiger partial charge in [-0.1, -0.05) is 54.6 Å². The van der Waals surface area contributed by atoms with Crippen LogP contribution in [0, 0.1) is 0 Å². The van der Waals surface area contributed by atoms with Crippen LogP contribution in [-0.2, 0) is 0 Å². The molecule has 4 rings (SSSR count). The zero-order chi connectivity index (χ0) is 20.2. The van der Waals surface area contributed by atoms with Crippen LogP contribution in [0.2, 0.25) is 0 Å². The summed E-state index contributed by atoms with van der Waals surface area (Å²) in [5.41, 5.74) is 2.81. The summed E-state index contributed by atoms with van der Waals surface area (Å²) in [6.45, 7) is 2.01. The number of para-hydroxylation sites is 1. The van der Waals surface area contributed by atoms with Crippen molar-refractivity contribution >= 4 is 10.9 Å². The van der Waals surface area contributed by atoms with Crippen LogP contribution >= 0.6 is 0 Å². The van der Waals surface area contributed by atoms with Crippen molar-refractivity contribution in [2.45, 2.75) is 19.0 Å². The molecule has 0 fully saturated rings. The largest absolute Gasteiger partial charge is 0.497 e. The number of nitrogens with zero attached hydrogens (tertiary/aromatic N) is 1. The minimum Gasteiger partial charge on any atom is -0.497 e. The number of nitrogens with one attached hydrogen (secondary N) is 2. The van der Waals surface area contributed by atoms with E-state index in [0.717, 1.165) is 16.9 Å². The topological polar surface area (TPSA) is 67.0 Å². The molecule has 0 unspecified atom stereocenters. The number of aromatic amines is 1. The Morgan fingerprint density at radius 2 is 1.55 bits per heavy atom. The monoisotopic (exact) mass is 385 g/mol. The predicted octanol–water partition coefficient (Wildman–Crippen LogP) is 4.37. The Hall–Kier alpha value is -3.44. The van der Waals surface area contributed by atoms with Gasteiger partial charge in [-0.25, -0.2) is 4.98 Å². The molecule has 0 aliphatic heterocycles. The van der Waals surface area contributed by atoms with Gasteiger partial charge in [-0.15, -0.1) is 0 Å². The Bertz CT molecular complexity index is 1150. The summed E-state index contributed by atoms with van der Waals surface area (Å²) in [6.07, 6.45) is 0. The molecule has 29 heavy (non-hydrogen) atoms. The maximum Gasteiger partial charge on any atom is 0.258 e. The fourth-order valence-corrected chi connectivity index (χ4v) is 3.47. The molecule has 0 amide bonds. The van der Waals surface area contributed by atoms with Crippen molar-refractivity contribution in [2.24, 2.45) is 0 Å². The minimum absolute atomic E-state index is 0.0612. The van der Waals surface area contributed by atoms with E-state index in [1.165, 1.54) is 0 Å². The van der Waals surface area contributed by atoms with Gasteiger partial charge >= 0.3 is 0 Å². The number of benzene rings is 3. The van der Waals surface area contributed by atoms with Gasteiger partial charge in [-0.2, -0.15) is 0 Å². The molecule has 5 nitrogen and oxygen atoms in total. The van der Waals surface area contributed by atoms with Gasteiger partial charge in [0.25, 0.3) is 5.56 Å². The highest BCUT2D eigenvalue weighted by molar-refractivity contribution is 5.77. The lowest BCUT2D eigenvalue weighted by Crippen LogP contribution is -2.28. The van der Waals surface area contributed by atoms with Gasteiger partial charge in [-0.3, -0.25) is 10.1 Å². The molecule has 0 spiro atoms. The predicted molar refractivity (Wildman–Crippen MR) is 115 cm³/mol. The van der Waals surface area contributed by atoms with Crippen LogP contribution in [-0.4, -0.2) is 17.1 Å². The summed E-state index contributed by atoms with van der Waals surface area (Å²) in [7, 11) is 1.66. The molecule has 146 valence electrons. The number of methoxy groups -OCH3 is 1. The Kier molecular flexibility index (Phi) is 5.40. The Labute approximate surface area is 169 Å². The molecule has 0 aliphatic carbocycles. The maximum absolute atomic E-state index is 12.5. The third kappa shape index (κ3) is 4.05. The second kappa shape index (κ2) is 8.29. The maximum atomic E-state index is 12.5. The van der Waals surface area contributed by atoms with E-state index >= 15 is 0 Å². The van der Waals surface area contributed by atoms with E-state index in [4.69, 9.17) is 4.74 Å². The fourth-order valence-electron chi connectivity index (χ4n) is 3.47. The minimum atomic E-state index is -0.167. The zero-order valence-corrected chi connectivity index (χ0v) is 16.4. The SMILES string of the molecule is COc1ccc([C@H](N[C@@H](C)c2nc3ccccc3c(=O)[nH]2)c2ccccc2)cc1. The van der Waals surface area contributed by atoms with E-state index < -0.39 is 0 Å². The highest BCUT2D eigenvalue weighted by Gasteiger charge is 2.19. The molecule has 3 aromatic carbocycles. The van der Waals surface area contributed by atoms with Crippen molar-refractivity contribution in [3.8, 4) is 5.75 Å². The first-order chi connectivity index (χ1) is 14.2. The first-order valence-corrected chi connectivity index (χ1v) is 9.59. The summed E-state index contributed by atoms with van der Waals surface area (Å²) in [5, 5.41) is 4.22. The van der Waals surface area contributed by atoms with Gasteiger partial charge in [0.15, 0.2) is 0 Å². The molecule has 5 heteroatoms. The van der Waals surface area contributed by atoms with E-state index in [0.29, 0.717) is 16.7 Å². The fraction of sp³-hybridized carbons (Fsp3) is 0.167. The molecular weight excluding hydrogens is 362 g/mol. The second-order valence-corrected chi connectivity index (χ2v) is 6.97. The Balaban J connectivity index is 1.69. The lowest BCUT2D eigenvalue weighted by atomic mass is 9.97. The summed E-state index contributed by atoms with van der Waals surface area (Å²) < 4.78 is 5.29. The standard InChI is InChI=1S/C24H23N3O2/c1-16(23-26-21-11-7-6-10-20(21)24(28)27-23)25-22(17-8-4-3-5-9-17)18-12-14-19(29-2)15-13-18/h3-16,22,25H,1-2H3,(H,26,27,28)/t16-,22+/m0/s1. The van der Waals surface area contributed by atoms with E-state index in [-0.39, 0.29) is 17.6 Å². The van der Waals surface area contributed by atoms with Gasteiger partial charge in [0, 0.05) is 0 Å².